The van der Waals surface area contributed by atoms with Gasteiger partial charge in [0.15, 0.2) is 0 Å². The average Bonchev–Trinajstić information content (AvgIpc) is 2.51. The van der Waals surface area contributed by atoms with E-state index in [-0.39, 0.29) is 11.7 Å². The van der Waals surface area contributed by atoms with Crippen molar-refractivity contribution >= 4 is 21.8 Å². The Balaban J connectivity index is 2.06. The van der Waals surface area contributed by atoms with Crippen LogP contribution in [0.3, 0.4) is 0 Å². The third-order valence-corrected chi connectivity index (χ3v) is 3.96. The minimum absolute atomic E-state index is 0.0749. The van der Waals surface area contributed by atoms with Gasteiger partial charge in [0.1, 0.15) is 5.82 Å². The Labute approximate surface area is 132 Å². The summed E-state index contributed by atoms with van der Waals surface area (Å²) in [7, 11) is 0. The molecule has 2 nitrogen and oxygen atoms in total. The van der Waals surface area contributed by atoms with E-state index in [1.54, 1.807) is 4.90 Å². The standard InChI is InChI=1S/C17H17BrFNO/c1-2-20(11-10-13-6-4-3-5-7-13)17(21)14-8-9-16(19)15(18)12-14/h3-9,12H,2,10-11H2,1H3. The molecule has 0 saturated carbocycles. The van der Waals surface area contributed by atoms with E-state index >= 15 is 0 Å². The second-order valence-electron chi connectivity index (χ2n) is 4.75. The van der Waals surface area contributed by atoms with Crippen molar-refractivity contribution in [3.63, 3.8) is 0 Å². The molecule has 2 aromatic carbocycles. The summed E-state index contributed by atoms with van der Waals surface area (Å²) in [6.45, 7) is 3.22. The molecule has 110 valence electrons. The van der Waals surface area contributed by atoms with Crippen LogP contribution < -0.4 is 0 Å². The quantitative estimate of drug-likeness (QED) is 0.788. The fourth-order valence-corrected chi connectivity index (χ4v) is 2.50. The zero-order chi connectivity index (χ0) is 15.2. The monoisotopic (exact) mass is 349 g/mol. The first-order chi connectivity index (χ1) is 10.1. The van der Waals surface area contributed by atoms with Gasteiger partial charge in [0.05, 0.1) is 4.47 Å². The third-order valence-electron chi connectivity index (χ3n) is 3.35. The Bertz CT molecular complexity index is 615. The summed E-state index contributed by atoms with van der Waals surface area (Å²) in [5.41, 5.74) is 1.70. The topological polar surface area (TPSA) is 20.3 Å². The zero-order valence-electron chi connectivity index (χ0n) is 11.9. The number of likely N-dealkylation sites (N-methyl/N-ethyl adjacent to an activating group) is 1. The molecule has 2 rings (SSSR count). The smallest absolute Gasteiger partial charge is 0.253 e. The van der Waals surface area contributed by atoms with Crippen molar-refractivity contribution < 1.29 is 9.18 Å². The molecule has 21 heavy (non-hydrogen) atoms. The molecule has 0 fully saturated rings. The number of benzene rings is 2. The molecule has 0 aliphatic rings. The fraction of sp³-hybridized carbons (Fsp3) is 0.235. The van der Waals surface area contributed by atoms with Crippen LogP contribution >= 0.6 is 15.9 Å². The van der Waals surface area contributed by atoms with Crippen LogP contribution in [0, 0.1) is 5.82 Å². The van der Waals surface area contributed by atoms with E-state index < -0.39 is 0 Å². The van der Waals surface area contributed by atoms with Crippen LogP contribution in [-0.4, -0.2) is 23.9 Å². The molecule has 0 N–H and O–H groups in total. The first-order valence-corrected chi connectivity index (χ1v) is 7.69. The second kappa shape index (κ2) is 7.36. The lowest BCUT2D eigenvalue weighted by molar-refractivity contribution is 0.0766. The van der Waals surface area contributed by atoms with Crippen molar-refractivity contribution in [3.05, 3.63) is 69.9 Å². The van der Waals surface area contributed by atoms with Crippen molar-refractivity contribution in [2.75, 3.05) is 13.1 Å². The van der Waals surface area contributed by atoms with E-state index in [1.165, 1.54) is 23.8 Å². The molecule has 0 atom stereocenters. The van der Waals surface area contributed by atoms with Crippen LogP contribution in [0.25, 0.3) is 0 Å². The number of carbonyl (C=O) groups is 1. The summed E-state index contributed by atoms with van der Waals surface area (Å²) in [6, 6.07) is 14.4. The lowest BCUT2D eigenvalue weighted by Gasteiger charge is -2.21. The summed E-state index contributed by atoms with van der Waals surface area (Å²) in [5.74, 6) is -0.437. The van der Waals surface area contributed by atoms with Gasteiger partial charge in [0.2, 0.25) is 0 Å². The van der Waals surface area contributed by atoms with Crippen molar-refractivity contribution in [2.45, 2.75) is 13.3 Å². The number of rotatable bonds is 5. The number of hydrogen-bond acceptors (Lipinski definition) is 1. The summed E-state index contributed by atoms with van der Waals surface area (Å²) in [5, 5.41) is 0. The number of halogens is 2. The highest BCUT2D eigenvalue weighted by molar-refractivity contribution is 9.10. The Morgan fingerprint density at radius 3 is 2.52 bits per heavy atom. The van der Waals surface area contributed by atoms with Crippen LogP contribution in [0.2, 0.25) is 0 Å². The molecule has 0 aliphatic carbocycles. The van der Waals surface area contributed by atoms with Gasteiger partial charge in [-0.25, -0.2) is 4.39 Å². The molecule has 1 amide bonds. The van der Waals surface area contributed by atoms with Gasteiger partial charge < -0.3 is 4.90 Å². The maximum Gasteiger partial charge on any atom is 0.253 e. The summed E-state index contributed by atoms with van der Waals surface area (Å²) >= 11 is 3.12. The highest BCUT2D eigenvalue weighted by Gasteiger charge is 2.15. The summed E-state index contributed by atoms with van der Waals surface area (Å²) in [6.07, 6.45) is 0.808. The van der Waals surface area contributed by atoms with E-state index in [0.717, 1.165) is 6.42 Å². The number of carbonyl (C=O) groups excluding carboxylic acids is 1. The number of amides is 1. The third kappa shape index (κ3) is 4.14. The molecule has 0 spiro atoms. The Hall–Kier alpha value is -1.68. The Morgan fingerprint density at radius 1 is 1.19 bits per heavy atom. The van der Waals surface area contributed by atoms with Gasteiger partial charge in [-0.05, 0) is 53.0 Å². The molecule has 0 heterocycles. The molecular formula is C17H17BrFNO. The average molecular weight is 350 g/mol. The fourth-order valence-electron chi connectivity index (χ4n) is 2.12. The van der Waals surface area contributed by atoms with Gasteiger partial charge in [-0.15, -0.1) is 0 Å². The summed E-state index contributed by atoms with van der Waals surface area (Å²) < 4.78 is 13.6. The van der Waals surface area contributed by atoms with Crippen LogP contribution in [0.1, 0.15) is 22.8 Å². The molecule has 2 aromatic rings. The molecule has 0 aromatic heterocycles. The van der Waals surface area contributed by atoms with Crippen LogP contribution in [0.5, 0.6) is 0 Å². The number of hydrogen-bond donors (Lipinski definition) is 0. The van der Waals surface area contributed by atoms with E-state index in [0.29, 0.717) is 23.1 Å². The lowest BCUT2D eigenvalue weighted by Crippen LogP contribution is -2.32. The first-order valence-electron chi connectivity index (χ1n) is 6.90. The second-order valence-corrected chi connectivity index (χ2v) is 5.60. The van der Waals surface area contributed by atoms with Crippen molar-refractivity contribution in [3.8, 4) is 0 Å². The number of nitrogens with zero attached hydrogens (tertiary/aromatic N) is 1. The van der Waals surface area contributed by atoms with Crippen molar-refractivity contribution in [2.24, 2.45) is 0 Å². The molecule has 0 unspecified atom stereocenters. The van der Waals surface area contributed by atoms with Gasteiger partial charge >= 0.3 is 0 Å². The van der Waals surface area contributed by atoms with Crippen LogP contribution in [0.4, 0.5) is 4.39 Å². The highest BCUT2D eigenvalue weighted by Crippen LogP contribution is 2.18. The van der Waals surface area contributed by atoms with E-state index in [2.05, 4.69) is 15.9 Å². The van der Waals surface area contributed by atoms with Crippen LogP contribution in [0.15, 0.2) is 53.0 Å². The maximum atomic E-state index is 13.2. The van der Waals surface area contributed by atoms with E-state index in [1.807, 2.05) is 37.3 Å². The maximum absolute atomic E-state index is 13.2. The van der Waals surface area contributed by atoms with Gasteiger partial charge in [-0.2, -0.15) is 0 Å². The predicted molar refractivity (Wildman–Crippen MR) is 85.8 cm³/mol. The normalized spacial score (nSPS) is 10.4. The summed E-state index contributed by atoms with van der Waals surface area (Å²) in [4.78, 5) is 14.2. The van der Waals surface area contributed by atoms with Gasteiger partial charge in [0.25, 0.3) is 5.91 Å². The van der Waals surface area contributed by atoms with Gasteiger partial charge in [0, 0.05) is 18.7 Å². The van der Waals surface area contributed by atoms with E-state index in [4.69, 9.17) is 0 Å². The SMILES string of the molecule is CCN(CCc1ccccc1)C(=O)c1ccc(F)c(Br)c1. The molecule has 0 saturated heterocycles. The van der Waals surface area contributed by atoms with Gasteiger partial charge in [-0.3, -0.25) is 4.79 Å². The molecular weight excluding hydrogens is 333 g/mol. The highest BCUT2D eigenvalue weighted by atomic mass is 79.9. The zero-order valence-corrected chi connectivity index (χ0v) is 13.4. The Kier molecular flexibility index (Phi) is 5.51. The van der Waals surface area contributed by atoms with E-state index in [9.17, 15) is 9.18 Å². The van der Waals surface area contributed by atoms with Crippen LogP contribution in [-0.2, 0) is 6.42 Å². The van der Waals surface area contributed by atoms with Crippen molar-refractivity contribution in [1.82, 2.24) is 4.90 Å². The molecule has 0 radical (unpaired) electrons. The predicted octanol–water partition coefficient (Wildman–Crippen LogP) is 4.29. The Morgan fingerprint density at radius 2 is 1.90 bits per heavy atom. The minimum atomic E-state index is -0.362. The molecule has 4 heteroatoms. The minimum Gasteiger partial charge on any atom is -0.339 e. The largest absolute Gasteiger partial charge is 0.339 e. The molecule has 0 bridgehead atoms. The first kappa shape index (κ1) is 15.7. The molecule has 0 aliphatic heterocycles. The van der Waals surface area contributed by atoms with Gasteiger partial charge in [-0.1, -0.05) is 30.3 Å². The lowest BCUT2D eigenvalue weighted by atomic mass is 10.1. The van der Waals surface area contributed by atoms with Crippen molar-refractivity contribution in [1.29, 1.82) is 0 Å².